The lowest BCUT2D eigenvalue weighted by molar-refractivity contribution is 0.0775. The fourth-order valence-corrected chi connectivity index (χ4v) is 2.02. The molecule has 0 aromatic heterocycles. The van der Waals surface area contributed by atoms with Crippen molar-refractivity contribution in [1.82, 2.24) is 4.90 Å². The lowest BCUT2D eigenvalue weighted by atomic mass is 10.1. The molecule has 0 saturated carbocycles. The summed E-state index contributed by atoms with van der Waals surface area (Å²) in [4.78, 5) is 14.0. The van der Waals surface area contributed by atoms with Crippen molar-refractivity contribution in [2.45, 2.75) is 20.3 Å². The van der Waals surface area contributed by atoms with Crippen molar-refractivity contribution in [3.8, 4) is 11.8 Å². The Morgan fingerprint density at radius 1 is 1.50 bits per heavy atom. The van der Waals surface area contributed by atoms with Crippen molar-refractivity contribution in [1.29, 1.82) is 0 Å². The Kier molecular flexibility index (Phi) is 6.57. The van der Waals surface area contributed by atoms with Gasteiger partial charge < -0.3 is 10.6 Å². The van der Waals surface area contributed by atoms with Gasteiger partial charge in [-0.15, -0.1) is 0 Å². The molecule has 0 aliphatic rings. The highest BCUT2D eigenvalue weighted by Gasteiger charge is 2.14. The van der Waals surface area contributed by atoms with Crippen LogP contribution in [0.1, 0.15) is 36.2 Å². The minimum absolute atomic E-state index is 0.0227. The molecule has 3 nitrogen and oxygen atoms in total. The molecule has 0 heterocycles. The SMILES string of the molecule is CCC(C)CN(C)C(=O)c1ccc(C#CCN)c(Cl)c1. The minimum atomic E-state index is -0.0227. The summed E-state index contributed by atoms with van der Waals surface area (Å²) in [6.45, 7) is 5.27. The molecule has 0 bridgehead atoms. The van der Waals surface area contributed by atoms with E-state index in [0.29, 0.717) is 22.1 Å². The summed E-state index contributed by atoms with van der Waals surface area (Å²) < 4.78 is 0. The lowest BCUT2D eigenvalue weighted by Gasteiger charge is -2.21. The number of nitrogens with zero attached hydrogens (tertiary/aromatic N) is 1. The van der Waals surface area contributed by atoms with Crippen molar-refractivity contribution in [3.63, 3.8) is 0 Å². The van der Waals surface area contributed by atoms with Crippen molar-refractivity contribution in [3.05, 3.63) is 34.3 Å². The summed E-state index contributed by atoms with van der Waals surface area (Å²) in [5.41, 5.74) is 6.60. The van der Waals surface area contributed by atoms with E-state index in [4.69, 9.17) is 17.3 Å². The molecular weight excluding hydrogens is 272 g/mol. The number of amides is 1. The molecule has 1 aromatic rings. The van der Waals surface area contributed by atoms with Gasteiger partial charge in [-0.1, -0.05) is 43.7 Å². The maximum atomic E-state index is 12.3. The highest BCUT2D eigenvalue weighted by Crippen LogP contribution is 2.18. The summed E-state index contributed by atoms with van der Waals surface area (Å²) in [5, 5.41) is 0.480. The van der Waals surface area contributed by atoms with Crippen LogP contribution in [0.5, 0.6) is 0 Å². The Morgan fingerprint density at radius 3 is 2.75 bits per heavy atom. The fraction of sp³-hybridized carbons (Fsp3) is 0.438. The van der Waals surface area contributed by atoms with E-state index < -0.39 is 0 Å². The molecule has 1 atom stereocenters. The fourth-order valence-electron chi connectivity index (χ4n) is 1.80. The zero-order valence-corrected chi connectivity index (χ0v) is 13.0. The smallest absolute Gasteiger partial charge is 0.253 e. The number of halogens is 1. The maximum Gasteiger partial charge on any atom is 0.253 e. The molecule has 1 rings (SSSR count). The third-order valence-corrected chi connectivity index (χ3v) is 3.48. The largest absolute Gasteiger partial charge is 0.341 e. The van der Waals surface area contributed by atoms with E-state index in [1.165, 1.54) is 0 Å². The van der Waals surface area contributed by atoms with E-state index >= 15 is 0 Å². The molecule has 108 valence electrons. The van der Waals surface area contributed by atoms with E-state index in [1.807, 2.05) is 7.05 Å². The Bertz CT molecular complexity index is 531. The van der Waals surface area contributed by atoms with Gasteiger partial charge in [0.2, 0.25) is 0 Å². The van der Waals surface area contributed by atoms with Gasteiger partial charge in [0.25, 0.3) is 5.91 Å². The first-order chi connectivity index (χ1) is 9.49. The van der Waals surface area contributed by atoms with E-state index in [1.54, 1.807) is 23.1 Å². The van der Waals surface area contributed by atoms with Crippen LogP contribution in [-0.2, 0) is 0 Å². The van der Waals surface area contributed by atoms with Gasteiger partial charge in [-0.25, -0.2) is 0 Å². The molecule has 2 N–H and O–H groups in total. The molecule has 20 heavy (non-hydrogen) atoms. The quantitative estimate of drug-likeness (QED) is 0.868. The topological polar surface area (TPSA) is 46.3 Å². The first-order valence-electron chi connectivity index (χ1n) is 6.73. The van der Waals surface area contributed by atoms with Crippen LogP contribution in [-0.4, -0.2) is 30.9 Å². The summed E-state index contributed by atoms with van der Waals surface area (Å²) in [7, 11) is 1.81. The van der Waals surface area contributed by atoms with Crippen molar-refractivity contribution >= 4 is 17.5 Å². The molecule has 1 aromatic carbocycles. The second-order valence-corrected chi connectivity index (χ2v) is 5.31. The summed E-state index contributed by atoms with van der Waals surface area (Å²) in [6.07, 6.45) is 1.05. The van der Waals surface area contributed by atoms with Gasteiger partial charge >= 0.3 is 0 Å². The van der Waals surface area contributed by atoms with Crippen molar-refractivity contribution < 1.29 is 4.79 Å². The molecule has 0 radical (unpaired) electrons. The van der Waals surface area contributed by atoms with Crippen LogP contribution in [0.25, 0.3) is 0 Å². The van der Waals surface area contributed by atoms with Crippen LogP contribution in [0.2, 0.25) is 5.02 Å². The second kappa shape index (κ2) is 7.94. The van der Waals surface area contributed by atoms with E-state index in [9.17, 15) is 4.79 Å². The molecule has 1 unspecified atom stereocenters. The molecule has 0 fully saturated rings. The zero-order valence-electron chi connectivity index (χ0n) is 12.2. The Labute approximate surface area is 126 Å². The Balaban J connectivity index is 2.87. The number of carbonyl (C=O) groups is 1. The monoisotopic (exact) mass is 292 g/mol. The number of nitrogens with two attached hydrogens (primary N) is 1. The van der Waals surface area contributed by atoms with E-state index in [0.717, 1.165) is 13.0 Å². The first-order valence-corrected chi connectivity index (χ1v) is 7.11. The molecule has 0 saturated heterocycles. The lowest BCUT2D eigenvalue weighted by Crippen LogP contribution is -2.30. The van der Waals surface area contributed by atoms with Gasteiger partial charge in [-0.2, -0.15) is 0 Å². The number of hydrogen-bond donors (Lipinski definition) is 1. The molecule has 0 aliphatic carbocycles. The van der Waals surface area contributed by atoms with Crippen LogP contribution in [0.4, 0.5) is 0 Å². The van der Waals surface area contributed by atoms with E-state index in [2.05, 4.69) is 25.7 Å². The first kappa shape index (κ1) is 16.6. The number of carbonyl (C=O) groups excluding carboxylic acids is 1. The zero-order chi connectivity index (χ0) is 15.1. The van der Waals surface area contributed by atoms with Crippen LogP contribution in [0, 0.1) is 17.8 Å². The summed E-state index contributed by atoms with van der Waals surface area (Å²) >= 11 is 6.13. The number of rotatable bonds is 4. The Hall–Kier alpha value is -1.50. The van der Waals surface area contributed by atoms with Gasteiger partial charge in [0.05, 0.1) is 11.6 Å². The van der Waals surface area contributed by atoms with Gasteiger partial charge in [-0.3, -0.25) is 4.79 Å². The van der Waals surface area contributed by atoms with Gasteiger partial charge in [0, 0.05) is 24.7 Å². The van der Waals surface area contributed by atoms with Crippen LogP contribution in [0.15, 0.2) is 18.2 Å². The number of benzene rings is 1. The Morgan fingerprint density at radius 2 is 2.20 bits per heavy atom. The average molecular weight is 293 g/mol. The van der Waals surface area contributed by atoms with Gasteiger partial charge in [0.1, 0.15) is 0 Å². The van der Waals surface area contributed by atoms with Gasteiger partial charge in [-0.05, 0) is 24.1 Å². The summed E-state index contributed by atoms with van der Waals surface area (Å²) in [5.74, 6) is 6.08. The number of hydrogen-bond acceptors (Lipinski definition) is 2. The standard InChI is InChI=1S/C16H21ClN2O/c1-4-12(2)11-19(3)16(20)14-8-7-13(6-5-9-18)15(17)10-14/h7-8,10,12H,4,9,11,18H2,1-3H3. The molecule has 0 spiro atoms. The van der Waals surface area contributed by atoms with Crippen LogP contribution < -0.4 is 5.73 Å². The predicted octanol–water partition coefficient (Wildman–Crippen LogP) is 2.77. The molecule has 4 heteroatoms. The highest BCUT2D eigenvalue weighted by molar-refractivity contribution is 6.32. The third kappa shape index (κ3) is 4.56. The van der Waals surface area contributed by atoms with Crippen molar-refractivity contribution in [2.24, 2.45) is 11.7 Å². The van der Waals surface area contributed by atoms with Crippen LogP contribution >= 0.6 is 11.6 Å². The minimum Gasteiger partial charge on any atom is -0.341 e. The molecule has 0 aliphatic heterocycles. The predicted molar refractivity (Wildman–Crippen MR) is 83.8 cm³/mol. The van der Waals surface area contributed by atoms with Crippen LogP contribution in [0.3, 0.4) is 0 Å². The third-order valence-electron chi connectivity index (χ3n) is 3.17. The molecular formula is C16H21ClN2O. The normalized spacial score (nSPS) is 11.4. The van der Waals surface area contributed by atoms with Crippen molar-refractivity contribution in [2.75, 3.05) is 20.1 Å². The average Bonchev–Trinajstić information content (AvgIpc) is 2.44. The maximum absolute atomic E-state index is 12.3. The molecule has 1 amide bonds. The van der Waals surface area contributed by atoms with Gasteiger partial charge in [0.15, 0.2) is 0 Å². The van der Waals surface area contributed by atoms with E-state index in [-0.39, 0.29) is 12.5 Å². The second-order valence-electron chi connectivity index (χ2n) is 4.90. The highest BCUT2D eigenvalue weighted by atomic mass is 35.5. The summed E-state index contributed by atoms with van der Waals surface area (Å²) in [6, 6.07) is 5.18.